The molecule has 4 amide bonds. The van der Waals surface area contributed by atoms with Crippen LogP contribution in [-0.2, 0) is 29.1 Å². The van der Waals surface area contributed by atoms with Crippen molar-refractivity contribution in [2.45, 2.75) is 119 Å². The molecule has 2 aliphatic carbocycles. The van der Waals surface area contributed by atoms with E-state index in [0.717, 1.165) is 0 Å². The number of ether oxygens (including phenoxy) is 3. The fourth-order valence-corrected chi connectivity index (χ4v) is 9.17. The summed E-state index contributed by atoms with van der Waals surface area (Å²) in [4.78, 5) is 61.3. The monoisotopic (exact) mass is 855 g/mol. The summed E-state index contributed by atoms with van der Waals surface area (Å²) in [5, 5.41) is 6.64. The number of hydrogen-bond donors (Lipinski definition) is 3. The molecular formula is C39H49ClF3N5O9S. The van der Waals surface area contributed by atoms with Crippen LogP contribution in [0.3, 0.4) is 0 Å². The minimum atomic E-state index is -4.91. The number of sulfonamides is 1. The second-order valence-electron chi connectivity index (χ2n) is 16.5. The van der Waals surface area contributed by atoms with E-state index in [4.69, 9.17) is 25.8 Å². The number of nitrogens with one attached hydrogen (secondary N) is 3. The Labute approximate surface area is 340 Å². The topological polar surface area (TPSA) is 182 Å². The van der Waals surface area contributed by atoms with Crippen molar-refractivity contribution in [3.05, 3.63) is 42.6 Å². The molecule has 6 rings (SSSR count). The minimum absolute atomic E-state index is 0.0191. The van der Waals surface area contributed by atoms with Crippen LogP contribution in [-0.4, -0.2) is 95.5 Å². The summed E-state index contributed by atoms with van der Waals surface area (Å²) < 4.78 is 83.9. The highest BCUT2D eigenvalue weighted by Crippen LogP contribution is 2.49. The number of aromatic nitrogens is 1. The van der Waals surface area contributed by atoms with Gasteiger partial charge in [0.25, 0.3) is 10.0 Å². The van der Waals surface area contributed by atoms with Crippen LogP contribution in [0.5, 0.6) is 11.6 Å². The number of amides is 4. The normalized spacial score (nSPS) is 28.9. The highest BCUT2D eigenvalue weighted by atomic mass is 35.5. The Kier molecular flexibility index (Phi) is 12.0. The lowest BCUT2D eigenvalue weighted by Crippen LogP contribution is -2.58. The number of alkyl halides is 4. The maximum atomic E-state index is 14.7. The molecule has 0 bridgehead atoms. The molecule has 1 aromatic heterocycles. The molecule has 7 unspecified atom stereocenters. The summed E-state index contributed by atoms with van der Waals surface area (Å²) >= 11 is 6.14. The quantitative estimate of drug-likeness (QED) is 0.216. The zero-order valence-corrected chi connectivity index (χ0v) is 34.4. The number of rotatable bonds is 9. The first-order valence-corrected chi connectivity index (χ1v) is 21.1. The van der Waals surface area contributed by atoms with E-state index in [1.807, 2.05) is 31.2 Å². The van der Waals surface area contributed by atoms with Gasteiger partial charge in [0.15, 0.2) is 4.21 Å². The van der Waals surface area contributed by atoms with E-state index in [9.17, 15) is 40.8 Å². The third-order valence-corrected chi connectivity index (χ3v) is 14.4. The van der Waals surface area contributed by atoms with Crippen LogP contribution in [0.2, 0.25) is 0 Å². The molecule has 19 heteroatoms. The molecule has 4 aliphatic rings. The third kappa shape index (κ3) is 9.11. The van der Waals surface area contributed by atoms with Gasteiger partial charge in [-0.05, 0) is 70.3 Å². The molecule has 2 aromatic rings. The standard InChI is InChI=1S/C39H49ClF3N5O9S/c1-22-10-6-7-11-24-18-37(24,19-30(49)47-58(53,54)38(40)14-15-38)46-32(50)28-17-25(56-33-27-13-9-8-12-26(27)29(55-5)20-44-33)21-48(28)34(51)31(23(2)16-22)45-35(52)57-36(3,4)39(41,42)43/h7-9,11-13,20,22-25,28,31H,6,10,14-19,21H2,1-5H3,(H,45,52)(H,46,50)(H,47,49). The molecule has 3 fully saturated rings. The molecule has 3 N–H and O–H groups in total. The maximum absolute atomic E-state index is 14.7. The molecule has 2 saturated carbocycles. The Morgan fingerprint density at radius 3 is 2.45 bits per heavy atom. The molecule has 2 aliphatic heterocycles. The summed E-state index contributed by atoms with van der Waals surface area (Å²) in [5.41, 5.74) is -4.09. The van der Waals surface area contributed by atoms with E-state index in [1.165, 1.54) is 18.2 Å². The maximum Gasteiger partial charge on any atom is 0.427 e. The van der Waals surface area contributed by atoms with Gasteiger partial charge in [0.05, 0.1) is 31.8 Å². The number of carbonyl (C=O) groups excluding carboxylic acids is 4. The van der Waals surface area contributed by atoms with Crippen LogP contribution in [0.15, 0.2) is 42.6 Å². The molecule has 318 valence electrons. The molecule has 1 saturated heterocycles. The van der Waals surface area contributed by atoms with E-state index < -0.39 is 85.9 Å². The Balaban J connectivity index is 1.33. The minimum Gasteiger partial charge on any atom is -0.494 e. The Morgan fingerprint density at radius 1 is 1.10 bits per heavy atom. The molecule has 0 radical (unpaired) electrons. The first-order chi connectivity index (χ1) is 27.1. The van der Waals surface area contributed by atoms with Crippen molar-refractivity contribution in [1.82, 2.24) is 25.2 Å². The second kappa shape index (κ2) is 16.0. The molecule has 0 spiro atoms. The first-order valence-electron chi connectivity index (χ1n) is 19.3. The second-order valence-corrected chi connectivity index (χ2v) is 19.5. The number of nitrogens with zero attached hydrogens (tertiary/aromatic N) is 2. The summed E-state index contributed by atoms with van der Waals surface area (Å²) in [5.74, 6) is -2.59. The van der Waals surface area contributed by atoms with Gasteiger partial charge in [0, 0.05) is 23.1 Å². The molecule has 7 atom stereocenters. The van der Waals surface area contributed by atoms with Gasteiger partial charge in [-0.2, -0.15) is 13.2 Å². The first kappa shape index (κ1) is 43.3. The van der Waals surface area contributed by atoms with Crippen molar-refractivity contribution in [2.75, 3.05) is 13.7 Å². The van der Waals surface area contributed by atoms with Gasteiger partial charge >= 0.3 is 12.3 Å². The predicted octanol–water partition coefficient (Wildman–Crippen LogP) is 5.48. The van der Waals surface area contributed by atoms with Gasteiger partial charge < -0.3 is 29.7 Å². The van der Waals surface area contributed by atoms with Crippen molar-refractivity contribution < 1.29 is 55.0 Å². The zero-order valence-electron chi connectivity index (χ0n) is 32.9. The highest BCUT2D eigenvalue weighted by molar-refractivity contribution is 7.93. The predicted molar refractivity (Wildman–Crippen MR) is 206 cm³/mol. The molecule has 3 heterocycles. The van der Waals surface area contributed by atoms with Crippen LogP contribution >= 0.6 is 11.6 Å². The van der Waals surface area contributed by atoms with Gasteiger partial charge in [0.1, 0.15) is 23.9 Å². The van der Waals surface area contributed by atoms with Crippen molar-refractivity contribution in [3.8, 4) is 11.6 Å². The number of benzene rings is 1. The van der Waals surface area contributed by atoms with Gasteiger partial charge in [-0.15, -0.1) is 0 Å². The molecule has 14 nitrogen and oxygen atoms in total. The van der Waals surface area contributed by atoms with E-state index in [1.54, 1.807) is 19.1 Å². The Bertz CT molecular complexity index is 2080. The number of methoxy groups -OCH3 is 1. The smallest absolute Gasteiger partial charge is 0.427 e. The number of hydrogen-bond acceptors (Lipinski definition) is 10. The summed E-state index contributed by atoms with van der Waals surface area (Å²) in [6.45, 7) is 4.85. The molecular weight excluding hydrogens is 807 g/mol. The average molecular weight is 856 g/mol. The van der Waals surface area contributed by atoms with Crippen molar-refractivity contribution in [1.29, 1.82) is 0 Å². The van der Waals surface area contributed by atoms with Crippen LogP contribution < -0.4 is 24.8 Å². The van der Waals surface area contributed by atoms with Crippen LogP contribution in [0, 0.1) is 17.8 Å². The number of allylic oxidation sites excluding steroid dienone is 1. The van der Waals surface area contributed by atoms with Crippen LogP contribution in [0.25, 0.3) is 10.8 Å². The SMILES string of the molecule is COc1cnc(OC2CC3C(=O)NC4(CC(=O)NS(=O)(=O)C5(Cl)CC5)CC4C=CCCC(C)CC(C)C(NC(=O)OC(C)(C)C(F)(F)F)C(=O)N3C2)c2ccccc12. The lowest BCUT2D eigenvalue weighted by molar-refractivity contribution is -0.244. The lowest BCUT2D eigenvalue weighted by Gasteiger charge is -2.34. The van der Waals surface area contributed by atoms with Gasteiger partial charge in [-0.1, -0.05) is 55.8 Å². The summed E-state index contributed by atoms with van der Waals surface area (Å²) in [6, 6.07) is 4.50. The fourth-order valence-electron chi connectivity index (χ4n) is 7.77. The van der Waals surface area contributed by atoms with Crippen molar-refractivity contribution >= 4 is 56.2 Å². The molecule has 58 heavy (non-hydrogen) atoms. The number of halogens is 4. The largest absolute Gasteiger partial charge is 0.494 e. The fraction of sp³-hybridized carbons (Fsp3) is 0.615. The number of fused-ring (bicyclic) bond motifs is 3. The Morgan fingerprint density at radius 2 is 1.79 bits per heavy atom. The van der Waals surface area contributed by atoms with E-state index in [2.05, 4.69) is 20.3 Å². The summed E-state index contributed by atoms with van der Waals surface area (Å²) in [6.07, 6.45) is -0.138. The average Bonchev–Trinajstić information content (AvgIpc) is 4.00. The van der Waals surface area contributed by atoms with Crippen LogP contribution in [0.1, 0.15) is 79.1 Å². The van der Waals surface area contributed by atoms with E-state index in [0.29, 0.717) is 56.1 Å². The van der Waals surface area contributed by atoms with E-state index >= 15 is 0 Å². The van der Waals surface area contributed by atoms with Crippen LogP contribution in [0.4, 0.5) is 18.0 Å². The van der Waals surface area contributed by atoms with Gasteiger partial charge in [-0.3, -0.25) is 19.1 Å². The van der Waals surface area contributed by atoms with Crippen molar-refractivity contribution in [2.24, 2.45) is 17.8 Å². The number of alkyl carbamates (subject to hydrolysis) is 1. The third-order valence-electron chi connectivity index (χ3n) is 11.5. The molecule has 1 aromatic carbocycles. The van der Waals surface area contributed by atoms with E-state index in [-0.39, 0.29) is 43.5 Å². The number of pyridine rings is 1. The summed E-state index contributed by atoms with van der Waals surface area (Å²) in [7, 11) is -2.69. The Hall–Kier alpha value is -4.32. The van der Waals surface area contributed by atoms with Gasteiger partial charge in [-0.25, -0.2) is 18.2 Å². The highest BCUT2D eigenvalue weighted by Gasteiger charge is 2.59. The zero-order chi connectivity index (χ0) is 42.4. The van der Waals surface area contributed by atoms with Gasteiger partial charge in [0.2, 0.25) is 29.2 Å². The van der Waals surface area contributed by atoms with Crippen molar-refractivity contribution in [3.63, 3.8) is 0 Å². The lowest BCUT2D eigenvalue weighted by atomic mass is 9.88. The number of carbonyl (C=O) groups is 4.